The van der Waals surface area contributed by atoms with Crippen molar-refractivity contribution in [1.82, 2.24) is 9.13 Å². The monoisotopic (exact) mass is 552 g/mol. The molecule has 0 bridgehead atoms. The van der Waals surface area contributed by atoms with E-state index in [0.717, 1.165) is 44.0 Å². The van der Waals surface area contributed by atoms with Crippen molar-refractivity contribution in [2.45, 2.75) is 19.3 Å². The van der Waals surface area contributed by atoms with Crippen molar-refractivity contribution in [2.75, 3.05) is 0 Å². The van der Waals surface area contributed by atoms with Crippen LogP contribution in [0.4, 0.5) is 0 Å². The molecular formula is C40H28N2O. The third kappa shape index (κ3) is 3.22. The summed E-state index contributed by atoms with van der Waals surface area (Å²) in [7, 11) is 0. The number of hydrogen-bond donors (Lipinski definition) is 0. The maximum Gasteiger partial charge on any atom is 0.263 e. The molecule has 8 aromatic rings. The number of para-hydroxylation sites is 2. The predicted octanol–water partition coefficient (Wildman–Crippen LogP) is 9.55. The lowest BCUT2D eigenvalue weighted by atomic mass is 9.82. The lowest BCUT2D eigenvalue weighted by molar-refractivity contribution is 0.661. The van der Waals surface area contributed by atoms with Crippen LogP contribution in [0.2, 0.25) is 0 Å². The second-order valence-electron chi connectivity index (χ2n) is 12.2. The molecule has 204 valence electrons. The highest BCUT2D eigenvalue weighted by Crippen LogP contribution is 2.51. The summed E-state index contributed by atoms with van der Waals surface area (Å²) in [6.45, 7) is 4.66. The van der Waals surface area contributed by atoms with Crippen molar-refractivity contribution in [1.29, 1.82) is 0 Å². The molecule has 43 heavy (non-hydrogen) atoms. The Bertz CT molecular complexity index is 2500. The zero-order valence-corrected chi connectivity index (χ0v) is 24.0. The van der Waals surface area contributed by atoms with Gasteiger partial charge in [-0.1, -0.05) is 92.7 Å². The largest absolute Gasteiger partial charge is 0.309 e. The van der Waals surface area contributed by atoms with Crippen LogP contribution in [-0.4, -0.2) is 9.13 Å². The van der Waals surface area contributed by atoms with Gasteiger partial charge >= 0.3 is 0 Å². The van der Waals surface area contributed by atoms with E-state index in [1.54, 1.807) is 0 Å². The summed E-state index contributed by atoms with van der Waals surface area (Å²) in [6.07, 6.45) is 0. The number of aromatic nitrogens is 2. The molecule has 0 aliphatic heterocycles. The molecule has 2 aromatic heterocycles. The summed E-state index contributed by atoms with van der Waals surface area (Å²) in [6, 6.07) is 46.8. The molecule has 0 atom stereocenters. The van der Waals surface area contributed by atoms with Crippen LogP contribution >= 0.6 is 0 Å². The second-order valence-corrected chi connectivity index (χ2v) is 12.2. The summed E-state index contributed by atoms with van der Waals surface area (Å²) in [4.78, 5) is 14.1. The molecular weight excluding hydrogens is 524 g/mol. The van der Waals surface area contributed by atoms with Crippen LogP contribution in [0.25, 0.3) is 66.0 Å². The number of nitrogens with zero attached hydrogens (tertiary/aromatic N) is 2. The van der Waals surface area contributed by atoms with Crippen molar-refractivity contribution in [3.63, 3.8) is 0 Å². The van der Waals surface area contributed by atoms with Gasteiger partial charge in [0.15, 0.2) is 0 Å². The molecule has 0 saturated heterocycles. The maximum atomic E-state index is 14.1. The van der Waals surface area contributed by atoms with Crippen LogP contribution < -0.4 is 5.56 Å². The Balaban J connectivity index is 1.41. The van der Waals surface area contributed by atoms with Gasteiger partial charge in [0.25, 0.3) is 5.56 Å². The van der Waals surface area contributed by atoms with E-state index in [9.17, 15) is 4.79 Å². The van der Waals surface area contributed by atoms with Crippen molar-refractivity contribution in [2.24, 2.45) is 0 Å². The Hall–Kier alpha value is -5.41. The van der Waals surface area contributed by atoms with Gasteiger partial charge in [0, 0.05) is 32.6 Å². The summed E-state index contributed by atoms with van der Waals surface area (Å²) in [5.41, 5.74) is 10.4. The Labute approximate surface area is 248 Å². The summed E-state index contributed by atoms with van der Waals surface area (Å²) < 4.78 is 4.25. The van der Waals surface area contributed by atoms with E-state index in [1.807, 2.05) is 47.0 Å². The van der Waals surface area contributed by atoms with Gasteiger partial charge in [-0.25, -0.2) is 0 Å². The van der Waals surface area contributed by atoms with Crippen molar-refractivity contribution >= 4 is 43.5 Å². The first-order valence-corrected chi connectivity index (χ1v) is 14.8. The normalized spacial score (nSPS) is 13.6. The number of rotatable bonds is 2. The fourth-order valence-electron chi connectivity index (χ4n) is 7.48. The standard InChI is InChI=1S/C40H28N2O/c1-40(2)34-18-10-8-15-28(34)31-23-33-32-22-26(20-21-37(32)41(38(33)24-35(31)40)25-12-4-3-5-13-25)42-36-19-11-9-16-29(36)27-14-6-7-17-30(27)39(42)43/h3-24H,1-2H3. The molecule has 3 heteroatoms. The van der Waals surface area contributed by atoms with Crippen molar-refractivity contribution in [3.05, 3.63) is 155 Å². The summed E-state index contributed by atoms with van der Waals surface area (Å²) in [5.74, 6) is 0. The molecule has 1 aliphatic carbocycles. The molecule has 3 nitrogen and oxygen atoms in total. The zero-order chi connectivity index (χ0) is 28.9. The lowest BCUT2D eigenvalue weighted by Gasteiger charge is -2.21. The third-order valence-corrected chi connectivity index (χ3v) is 9.52. The smallest absolute Gasteiger partial charge is 0.263 e. The Morgan fingerprint density at radius 1 is 0.442 bits per heavy atom. The average Bonchev–Trinajstić information content (AvgIpc) is 3.48. The first kappa shape index (κ1) is 24.2. The molecule has 2 heterocycles. The van der Waals surface area contributed by atoms with Crippen LogP contribution in [0.5, 0.6) is 0 Å². The molecule has 0 N–H and O–H groups in total. The number of pyridine rings is 1. The second kappa shape index (κ2) is 8.56. The Kier molecular flexibility index (Phi) is 4.82. The molecule has 6 aromatic carbocycles. The van der Waals surface area contributed by atoms with Gasteiger partial charge in [-0.3, -0.25) is 9.36 Å². The molecule has 0 saturated carbocycles. The molecule has 9 rings (SSSR count). The summed E-state index contributed by atoms with van der Waals surface area (Å²) >= 11 is 0. The van der Waals surface area contributed by atoms with Gasteiger partial charge in [0.2, 0.25) is 0 Å². The van der Waals surface area contributed by atoms with Crippen molar-refractivity contribution in [3.8, 4) is 22.5 Å². The molecule has 0 amide bonds. The maximum absolute atomic E-state index is 14.1. The van der Waals surface area contributed by atoms with Gasteiger partial charge < -0.3 is 4.57 Å². The molecule has 0 unspecified atom stereocenters. The van der Waals surface area contributed by atoms with E-state index in [-0.39, 0.29) is 11.0 Å². The number of hydrogen-bond acceptors (Lipinski definition) is 1. The quantitative estimate of drug-likeness (QED) is 0.196. The van der Waals surface area contributed by atoms with E-state index in [4.69, 9.17) is 0 Å². The first-order chi connectivity index (χ1) is 21.0. The molecule has 0 spiro atoms. The Morgan fingerprint density at radius 2 is 1.09 bits per heavy atom. The van der Waals surface area contributed by atoms with Crippen LogP contribution in [0, 0.1) is 0 Å². The Morgan fingerprint density at radius 3 is 1.93 bits per heavy atom. The van der Waals surface area contributed by atoms with Crippen LogP contribution in [0.15, 0.2) is 138 Å². The highest BCUT2D eigenvalue weighted by molar-refractivity contribution is 6.13. The zero-order valence-electron chi connectivity index (χ0n) is 24.0. The van der Waals surface area contributed by atoms with Crippen LogP contribution in [0.3, 0.4) is 0 Å². The van der Waals surface area contributed by atoms with E-state index < -0.39 is 0 Å². The highest BCUT2D eigenvalue weighted by atomic mass is 16.1. The first-order valence-electron chi connectivity index (χ1n) is 14.8. The van der Waals surface area contributed by atoms with Gasteiger partial charge in [0.05, 0.1) is 22.2 Å². The van der Waals surface area contributed by atoms with E-state index >= 15 is 0 Å². The predicted molar refractivity (Wildman–Crippen MR) is 179 cm³/mol. The fourth-order valence-corrected chi connectivity index (χ4v) is 7.48. The molecule has 0 radical (unpaired) electrons. The topological polar surface area (TPSA) is 26.9 Å². The minimum atomic E-state index is -0.0967. The average molecular weight is 553 g/mol. The van der Waals surface area contributed by atoms with E-state index in [2.05, 4.69) is 109 Å². The molecule has 1 aliphatic rings. The van der Waals surface area contributed by atoms with Crippen molar-refractivity contribution < 1.29 is 0 Å². The van der Waals surface area contributed by atoms with Crippen LogP contribution in [-0.2, 0) is 5.41 Å². The third-order valence-electron chi connectivity index (χ3n) is 9.52. The van der Waals surface area contributed by atoms with Gasteiger partial charge in [0.1, 0.15) is 0 Å². The lowest BCUT2D eigenvalue weighted by Crippen LogP contribution is -2.19. The highest BCUT2D eigenvalue weighted by Gasteiger charge is 2.36. The molecule has 0 fully saturated rings. The van der Waals surface area contributed by atoms with Gasteiger partial charge in [-0.15, -0.1) is 0 Å². The fraction of sp³-hybridized carbons (Fsp3) is 0.0750. The van der Waals surface area contributed by atoms with E-state index in [1.165, 1.54) is 33.2 Å². The van der Waals surface area contributed by atoms with Crippen LogP contribution in [0.1, 0.15) is 25.0 Å². The van der Waals surface area contributed by atoms with Gasteiger partial charge in [-0.2, -0.15) is 0 Å². The SMILES string of the molecule is CC1(C)c2ccccc2-c2cc3c4cc(-n5c(=O)c6ccccc6c6ccccc65)ccc4n(-c4ccccc4)c3cc21. The minimum Gasteiger partial charge on any atom is -0.309 e. The number of benzene rings is 6. The summed E-state index contributed by atoms with van der Waals surface area (Å²) in [5, 5.41) is 5.10. The minimum absolute atomic E-state index is 0.00276. The number of fused-ring (bicyclic) bond motifs is 9. The van der Waals surface area contributed by atoms with Gasteiger partial charge in [-0.05, 0) is 82.2 Å². The van der Waals surface area contributed by atoms with E-state index in [0.29, 0.717) is 0 Å².